The zero-order valence-corrected chi connectivity index (χ0v) is 8.12. The van der Waals surface area contributed by atoms with Gasteiger partial charge in [-0.2, -0.15) is 0 Å². The Balaban J connectivity index is 0.000000487. The van der Waals surface area contributed by atoms with Crippen LogP contribution >= 0.6 is 0 Å². The third-order valence-corrected chi connectivity index (χ3v) is 1.38. The maximum atomic E-state index is 10.3. The average molecular weight is 226 g/mol. The molecular formula is C10H10O6. The minimum atomic E-state index is -1.06. The zero-order chi connectivity index (χ0) is 12.7. The molecule has 0 amide bonds. The van der Waals surface area contributed by atoms with Gasteiger partial charge in [-0.15, -0.1) is 0 Å². The molecule has 0 spiro atoms. The molecule has 0 heterocycles. The predicted molar refractivity (Wildman–Crippen MR) is 54.8 cm³/mol. The van der Waals surface area contributed by atoms with E-state index in [0.29, 0.717) is 0 Å². The van der Waals surface area contributed by atoms with Crippen LogP contribution in [0.3, 0.4) is 0 Å². The summed E-state index contributed by atoms with van der Waals surface area (Å²) >= 11 is 0. The molecule has 6 heteroatoms. The Morgan fingerprint density at radius 2 is 1.00 bits per heavy atom. The predicted octanol–water partition coefficient (Wildman–Crippen LogP) is 1.66. The van der Waals surface area contributed by atoms with Gasteiger partial charge in [-0.1, -0.05) is 0 Å². The number of aliphatic hydroxyl groups is 2. The fraction of sp³-hybridized carbons (Fsp3) is 0. The molecule has 0 atom stereocenters. The molecule has 0 aliphatic rings. The normalized spacial score (nSPS) is 8.50. The van der Waals surface area contributed by atoms with Crippen molar-refractivity contribution in [3.63, 3.8) is 0 Å². The van der Waals surface area contributed by atoms with Gasteiger partial charge < -0.3 is 20.4 Å². The lowest BCUT2D eigenvalue weighted by Gasteiger charge is -1.94. The van der Waals surface area contributed by atoms with E-state index in [2.05, 4.69) is 6.58 Å². The number of hydrogen-bond donors (Lipinski definition) is 4. The zero-order valence-electron chi connectivity index (χ0n) is 8.12. The first-order chi connectivity index (χ1) is 7.34. The smallest absolute Gasteiger partial charge is 0.335 e. The fourth-order valence-corrected chi connectivity index (χ4v) is 0.755. The summed E-state index contributed by atoms with van der Waals surface area (Å²) < 4.78 is 0. The first-order valence-corrected chi connectivity index (χ1v) is 3.98. The van der Waals surface area contributed by atoms with Crippen LogP contribution < -0.4 is 0 Å². The molecule has 1 aromatic rings. The van der Waals surface area contributed by atoms with Crippen LogP contribution in [-0.4, -0.2) is 32.4 Å². The van der Waals surface area contributed by atoms with Gasteiger partial charge in [-0.25, -0.2) is 9.59 Å². The molecule has 0 saturated heterocycles. The highest BCUT2D eigenvalue weighted by Crippen LogP contribution is 2.03. The lowest BCUT2D eigenvalue weighted by molar-refractivity contribution is 0.0681. The summed E-state index contributed by atoms with van der Waals surface area (Å²) in [6.45, 7) is 2.67. The van der Waals surface area contributed by atoms with Crippen molar-refractivity contribution in [2.75, 3.05) is 0 Å². The van der Waals surface area contributed by atoms with Crippen molar-refractivity contribution in [1.29, 1.82) is 0 Å². The minimum Gasteiger partial charge on any atom is -0.482 e. The molecule has 0 fully saturated rings. The SMILES string of the molecule is C=C(O)O.O=C(O)c1ccc(C(=O)O)cc1. The molecule has 0 aliphatic heterocycles. The number of aromatic carboxylic acids is 2. The van der Waals surface area contributed by atoms with E-state index in [9.17, 15) is 9.59 Å². The van der Waals surface area contributed by atoms with Gasteiger partial charge in [0.05, 0.1) is 11.1 Å². The summed E-state index contributed by atoms with van der Waals surface area (Å²) in [5.41, 5.74) is 0.167. The summed E-state index contributed by atoms with van der Waals surface area (Å²) in [5, 5.41) is 31.8. The largest absolute Gasteiger partial charge is 0.482 e. The van der Waals surface area contributed by atoms with Crippen LogP contribution in [-0.2, 0) is 0 Å². The first-order valence-electron chi connectivity index (χ1n) is 3.98. The maximum Gasteiger partial charge on any atom is 0.335 e. The van der Waals surface area contributed by atoms with Gasteiger partial charge in [0.1, 0.15) is 0 Å². The molecule has 1 aromatic carbocycles. The number of benzene rings is 1. The van der Waals surface area contributed by atoms with Crippen LogP contribution in [0.25, 0.3) is 0 Å². The van der Waals surface area contributed by atoms with Crippen LogP contribution in [0.15, 0.2) is 36.8 Å². The standard InChI is InChI=1S/C8H6O4.C2H4O2/c9-7(10)5-1-2-6(4-3-5)8(11)12;1-2(3)4/h1-4H,(H,9,10)(H,11,12);3-4H,1H2. The molecule has 4 N–H and O–H groups in total. The third-order valence-electron chi connectivity index (χ3n) is 1.38. The lowest BCUT2D eigenvalue weighted by Crippen LogP contribution is -1.99. The van der Waals surface area contributed by atoms with Gasteiger partial charge in [-0.3, -0.25) is 0 Å². The Labute approximate surface area is 90.7 Å². The number of aliphatic hydroxyl groups excluding tert-OH is 1. The molecule has 0 unspecified atom stereocenters. The average Bonchev–Trinajstić information content (AvgIpc) is 2.17. The molecule has 0 bridgehead atoms. The van der Waals surface area contributed by atoms with Gasteiger partial charge >= 0.3 is 11.9 Å². The van der Waals surface area contributed by atoms with E-state index >= 15 is 0 Å². The van der Waals surface area contributed by atoms with E-state index in [1.165, 1.54) is 24.3 Å². The highest BCUT2D eigenvalue weighted by molar-refractivity contribution is 5.91. The van der Waals surface area contributed by atoms with E-state index in [4.69, 9.17) is 20.4 Å². The first kappa shape index (κ1) is 13.5. The van der Waals surface area contributed by atoms with Crippen molar-refractivity contribution < 1.29 is 30.0 Å². The second-order valence-corrected chi connectivity index (χ2v) is 2.60. The molecule has 1 rings (SSSR count). The molecule has 86 valence electrons. The van der Waals surface area contributed by atoms with Crippen LogP contribution in [0.2, 0.25) is 0 Å². The van der Waals surface area contributed by atoms with E-state index in [0.717, 1.165) is 0 Å². The maximum absolute atomic E-state index is 10.3. The van der Waals surface area contributed by atoms with Crippen LogP contribution in [0.1, 0.15) is 20.7 Å². The molecule has 6 nitrogen and oxygen atoms in total. The molecule has 0 aromatic heterocycles. The third kappa shape index (κ3) is 5.28. The molecule has 0 radical (unpaired) electrons. The van der Waals surface area contributed by atoms with Crippen molar-refractivity contribution in [2.24, 2.45) is 0 Å². The second-order valence-electron chi connectivity index (χ2n) is 2.60. The fourth-order valence-electron chi connectivity index (χ4n) is 0.755. The summed E-state index contributed by atoms with van der Waals surface area (Å²) in [4.78, 5) is 20.7. The Morgan fingerprint density at radius 3 is 1.12 bits per heavy atom. The molecule has 0 saturated carbocycles. The van der Waals surface area contributed by atoms with Crippen molar-refractivity contribution in [3.05, 3.63) is 47.9 Å². The molecular weight excluding hydrogens is 216 g/mol. The molecule has 16 heavy (non-hydrogen) atoms. The van der Waals surface area contributed by atoms with Crippen molar-refractivity contribution in [1.82, 2.24) is 0 Å². The van der Waals surface area contributed by atoms with E-state index in [-0.39, 0.29) is 11.1 Å². The Bertz CT molecular complexity index is 355. The van der Waals surface area contributed by atoms with Gasteiger partial charge in [-0.05, 0) is 30.8 Å². The summed E-state index contributed by atoms with van der Waals surface area (Å²) in [6.07, 6.45) is 0. The Kier molecular flexibility index (Phi) is 5.12. The van der Waals surface area contributed by atoms with E-state index in [1.54, 1.807) is 0 Å². The van der Waals surface area contributed by atoms with E-state index < -0.39 is 17.9 Å². The summed E-state index contributed by atoms with van der Waals surface area (Å²) in [7, 11) is 0. The Morgan fingerprint density at radius 1 is 0.812 bits per heavy atom. The van der Waals surface area contributed by atoms with Crippen LogP contribution in [0.4, 0.5) is 0 Å². The quantitative estimate of drug-likeness (QED) is 0.570. The number of rotatable bonds is 2. The van der Waals surface area contributed by atoms with Crippen molar-refractivity contribution in [2.45, 2.75) is 0 Å². The van der Waals surface area contributed by atoms with Gasteiger partial charge in [0.15, 0.2) is 0 Å². The number of hydrogen-bond acceptors (Lipinski definition) is 4. The topological polar surface area (TPSA) is 115 Å². The van der Waals surface area contributed by atoms with Crippen molar-refractivity contribution in [3.8, 4) is 0 Å². The minimum absolute atomic E-state index is 0.0833. The molecule has 0 aliphatic carbocycles. The summed E-state index contributed by atoms with van der Waals surface area (Å²) in [5.74, 6) is -2.96. The highest BCUT2D eigenvalue weighted by Gasteiger charge is 2.04. The van der Waals surface area contributed by atoms with Gasteiger partial charge in [0.25, 0.3) is 5.95 Å². The van der Waals surface area contributed by atoms with Crippen molar-refractivity contribution >= 4 is 11.9 Å². The Hall–Kier alpha value is -2.50. The van der Waals surface area contributed by atoms with Crippen LogP contribution in [0, 0.1) is 0 Å². The van der Waals surface area contributed by atoms with Crippen LogP contribution in [0.5, 0.6) is 0 Å². The summed E-state index contributed by atoms with van der Waals surface area (Å²) in [6, 6.07) is 5.02. The van der Waals surface area contributed by atoms with Gasteiger partial charge in [0.2, 0.25) is 0 Å². The monoisotopic (exact) mass is 226 g/mol. The lowest BCUT2D eigenvalue weighted by atomic mass is 10.1. The second kappa shape index (κ2) is 6.07. The van der Waals surface area contributed by atoms with Gasteiger partial charge in [0, 0.05) is 0 Å². The number of carboxylic acids is 2. The van der Waals surface area contributed by atoms with E-state index in [1.807, 2.05) is 0 Å². The number of carboxylic acid groups (broad SMARTS) is 2. The number of carbonyl (C=O) groups is 2. The highest BCUT2D eigenvalue weighted by atomic mass is 16.5.